The Labute approximate surface area is 140 Å². The van der Waals surface area contributed by atoms with E-state index in [1.54, 1.807) is 14.1 Å². The van der Waals surface area contributed by atoms with Crippen LogP contribution in [0.15, 0.2) is 24.3 Å². The molecule has 1 aliphatic rings. The lowest BCUT2D eigenvalue weighted by molar-refractivity contribution is 0.258. The minimum Gasteiger partial charge on any atom is -0.378 e. The predicted octanol–water partition coefficient (Wildman–Crippen LogP) is 2.17. The normalized spacial score (nSPS) is 19.4. The van der Waals surface area contributed by atoms with Crippen LogP contribution in [0.4, 0.5) is 5.69 Å². The maximum absolute atomic E-state index is 11.9. The van der Waals surface area contributed by atoms with Gasteiger partial charge in [0.2, 0.25) is 10.0 Å². The Morgan fingerprint density at radius 1 is 1.22 bits per heavy atom. The summed E-state index contributed by atoms with van der Waals surface area (Å²) in [5.74, 6) is 0.223. The van der Waals surface area contributed by atoms with Gasteiger partial charge in [0.05, 0.1) is 5.75 Å². The maximum atomic E-state index is 11.9. The first-order valence-corrected chi connectivity index (χ1v) is 9.84. The number of hydrogen-bond donors (Lipinski definition) is 0. The van der Waals surface area contributed by atoms with Crippen LogP contribution < -0.4 is 4.90 Å². The lowest BCUT2D eigenvalue weighted by Crippen LogP contribution is -2.29. The molecule has 130 valence electrons. The maximum Gasteiger partial charge on any atom is 0.213 e. The molecule has 0 saturated carbocycles. The fourth-order valence-corrected chi connectivity index (χ4v) is 3.97. The standard InChI is InChI=1S/C17H29N3O2S/c1-18(2)16-9-5-8-15(14-16)17-10-6-11-20(17)12-7-13-23(21,22)19(3)4/h5,8-9,14,17H,6-7,10-13H2,1-4H3/t17-/m1/s1. The molecule has 1 fully saturated rings. The highest BCUT2D eigenvalue weighted by Crippen LogP contribution is 2.33. The zero-order valence-corrected chi connectivity index (χ0v) is 15.5. The van der Waals surface area contributed by atoms with Gasteiger partial charge >= 0.3 is 0 Å². The first-order valence-electron chi connectivity index (χ1n) is 8.23. The van der Waals surface area contributed by atoms with Crippen LogP contribution in [0.5, 0.6) is 0 Å². The van der Waals surface area contributed by atoms with E-state index in [0.717, 1.165) is 19.5 Å². The van der Waals surface area contributed by atoms with E-state index in [1.165, 1.54) is 22.0 Å². The van der Waals surface area contributed by atoms with Crippen LogP contribution >= 0.6 is 0 Å². The summed E-state index contributed by atoms with van der Waals surface area (Å²) < 4.78 is 25.1. The van der Waals surface area contributed by atoms with Crippen LogP contribution in [0.2, 0.25) is 0 Å². The topological polar surface area (TPSA) is 43.9 Å². The summed E-state index contributed by atoms with van der Waals surface area (Å²) in [7, 11) is 4.21. The van der Waals surface area contributed by atoms with E-state index < -0.39 is 10.0 Å². The molecule has 0 amide bonds. The third-order valence-electron chi connectivity index (χ3n) is 4.54. The van der Waals surface area contributed by atoms with Crippen LogP contribution in [0.1, 0.15) is 30.9 Å². The SMILES string of the molecule is CN(C)c1cccc([C@H]2CCCN2CCCS(=O)(=O)N(C)C)c1. The average molecular weight is 340 g/mol. The van der Waals surface area contributed by atoms with Gasteiger partial charge in [-0.3, -0.25) is 4.90 Å². The van der Waals surface area contributed by atoms with Crippen LogP contribution in [-0.4, -0.2) is 64.7 Å². The second-order valence-corrected chi connectivity index (χ2v) is 8.94. The molecule has 6 heteroatoms. The molecule has 0 aliphatic carbocycles. The van der Waals surface area contributed by atoms with Gasteiger partial charge in [0.15, 0.2) is 0 Å². The summed E-state index contributed by atoms with van der Waals surface area (Å²) in [6, 6.07) is 9.08. The molecule has 5 nitrogen and oxygen atoms in total. The van der Waals surface area contributed by atoms with E-state index in [9.17, 15) is 8.42 Å². The molecule has 1 heterocycles. The molecule has 1 aliphatic heterocycles. The number of hydrogen-bond acceptors (Lipinski definition) is 4. The van der Waals surface area contributed by atoms with Crippen LogP contribution in [0, 0.1) is 0 Å². The minimum absolute atomic E-state index is 0.223. The molecule has 1 aromatic rings. The second-order valence-electron chi connectivity index (χ2n) is 6.64. The Balaban J connectivity index is 1.99. The number of nitrogens with zero attached hydrogens (tertiary/aromatic N) is 3. The predicted molar refractivity (Wildman–Crippen MR) is 96.4 cm³/mol. The third-order valence-corrected chi connectivity index (χ3v) is 6.46. The monoisotopic (exact) mass is 339 g/mol. The molecule has 0 spiro atoms. The Hall–Kier alpha value is -1.11. The van der Waals surface area contributed by atoms with E-state index >= 15 is 0 Å². The lowest BCUT2D eigenvalue weighted by Gasteiger charge is -2.26. The van der Waals surface area contributed by atoms with Gasteiger partial charge in [-0.1, -0.05) is 12.1 Å². The summed E-state index contributed by atoms with van der Waals surface area (Å²) in [6.45, 7) is 1.89. The van der Waals surface area contributed by atoms with Gasteiger partial charge in [0.25, 0.3) is 0 Å². The van der Waals surface area contributed by atoms with Crippen molar-refractivity contribution >= 4 is 15.7 Å². The molecule has 23 heavy (non-hydrogen) atoms. The molecule has 1 aromatic carbocycles. The van der Waals surface area contributed by atoms with E-state index in [-0.39, 0.29) is 5.75 Å². The molecule has 0 N–H and O–H groups in total. The average Bonchev–Trinajstić information content (AvgIpc) is 2.95. The third kappa shape index (κ3) is 4.68. The molecule has 2 rings (SSSR count). The van der Waals surface area contributed by atoms with Gasteiger partial charge in [-0.05, 0) is 50.0 Å². The van der Waals surface area contributed by atoms with E-state index in [4.69, 9.17) is 0 Å². The summed E-state index contributed by atoms with van der Waals surface area (Å²) in [4.78, 5) is 4.55. The van der Waals surface area contributed by atoms with Crippen LogP contribution in [0.25, 0.3) is 0 Å². The fourth-order valence-electron chi connectivity index (χ4n) is 3.11. The first kappa shape index (κ1) is 18.2. The summed E-state index contributed by atoms with van der Waals surface area (Å²) in [5, 5.41) is 0. The Kier molecular flexibility index (Phi) is 6.06. The van der Waals surface area contributed by atoms with Crippen molar-refractivity contribution in [3.05, 3.63) is 29.8 Å². The van der Waals surface area contributed by atoms with E-state index in [2.05, 4.69) is 48.2 Å². The van der Waals surface area contributed by atoms with Gasteiger partial charge in [-0.2, -0.15) is 0 Å². The number of anilines is 1. The summed E-state index contributed by atoms with van der Waals surface area (Å²) >= 11 is 0. The quantitative estimate of drug-likeness (QED) is 0.764. The molecule has 0 bridgehead atoms. The van der Waals surface area contributed by atoms with Crippen molar-refractivity contribution in [1.82, 2.24) is 9.21 Å². The Morgan fingerprint density at radius 3 is 2.61 bits per heavy atom. The lowest BCUT2D eigenvalue weighted by atomic mass is 10.0. The van der Waals surface area contributed by atoms with Crippen molar-refractivity contribution in [1.29, 1.82) is 0 Å². The molecule has 1 saturated heterocycles. The van der Waals surface area contributed by atoms with Crippen molar-refractivity contribution in [3.63, 3.8) is 0 Å². The van der Waals surface area contributed by atoms with Gasteiger partial charge < -0.3 is 4.90 Å². The van der Waals surface area contributed by atoms with Crippen molar-refractivity contribution in [3.8, 4) is 0 Å². The smallest absolute Gasteiger partial charge is 0.213 e. The van der Waals surface area contributed by atoms with Gasteiger partial charge in [-0.15, -0.1) is 0 Å². The molecule has 0 aromatic heterocycles. The van der Waals surface area contributed by atoms with Gasteiger partial charge in [0.1, 0.15) is 0 Å². The molecule has 0 radical (unpaired) electrons. The van der Waals surface area contributed by atoms with Crippen LogP contribution in [-0.2, 0) is 10.0 Å². The van der Waals surface area contributed by atoms with E-state index in [0.29, 0.717) is 12.5 Å². The number of likely N-dealkylation sites (tertiary alicyclic amines) is 1. The molecular formula is C17H29N3O2S. The van der Waals surface area contributed by atoms with Gasteiger partial charge in [-0.25, -0.2) is 12.7 Å². The van der Waals surface area contributed by atoms with E-state index in [1.807, 2.05) is 0 Å². The highest BCUT2D eigenvalue weighted by Gasteiger charge is 2.26. The van der Waals surface area contributed by atoms with Crippen LogP contribution in [0.3, 0.4) is 0 Å². The fraction of sp³-hybridized carbons (Fsp3) is 0.647. The number of sulfonamides is 1. The minimum atomic E-state index is -3.09. The second kappa shape index (κ2) is 7.64. The largest absolute Gasteiger partial charge is 0.378 e. The Bertz CT molecular complexity index is 614. The van der Waals surface area contributed by atoms with Crippen molar-refractivity contribution in [2.24, 2.45) is 0 Å². The number of rotatable bonds is 7. The highest BCUT2D eigenvalue weighted by atomic mass is 32.2. The number of benzene rings is 1. The zero-order chi connectivity index (χ0) is 17.0. The van der Waals surface area contributed by atoms with Crippen molar-refractivity contribution < 1.29 is 8.42 Å². The molecule has 1 atom stereocenters. The zero-order valence-electron chi connectivity index (χ0n) is 14.7. The van der Waals surface area contributed by atoms with Crippen molar-refractivity contribution in [2.45, 2.75) is 25.3 Å². The molecular weight excluding hydrogens is 310 g/mol. The first-order chi connectivity index (χ1) is 10.8. The Morgan fingerprint density at radius 2 is 1.96 bits per heavy atom. The molecule has 0 unspecified atom stereocenters. The summed E-state index contributed by atoms with van der Waals surface area (Å²) in [5.41, 5.74) is 2.55. The highest BCUT2D eigenvalue weighted by molar-refractivity contribution is 7.89. The summed E-state index contributed by atoms with van der Waals surface area (Å²) in [6.07, 6.45) is 3.01. The van der Waals surface area contributed by atoms with Gasteiger partial charge in [0, 0.05) is 39.9 Å². The van der Waals surface area contributed by atoms with Crippen molar-refractivity contribution in [2.75, 3.05) is 51.9 Å².